The van der Waals surface area contributed by atoms with Gasteiger partial charge < -0.3 is 5.11 Å². The van der Waals surface area contributed by atoms with Gasteiger partial charge in [0.05, 0.1) is 9.88 Å². The van der Waals surface area contributed by atoms with Crippen molar-refractivity contribution in [3.05, 3.63) is 40.5 Å². The van der Waals surface area contributed by atoms with E-state index in [1.54, 1.807) is 0 Å². The van der Waals surface area contributed by atoms with Crippen LogP contribution in [0.15, 0.2) is 24.3 Å². The summed E-state index contributed by atoms with van der Waals surface area (Å²) >= 11 is 1.48. The fraction of sp³-hybridized carbons (Fsp3) is 0.333. The number of benzene rings is 1. The van der Waals surface area contributed by atoms with Crippen molar-refractivity contribution < 1.29 is 9.90 Å². The molecule has 1 aliphatic rings. The van der Waals surface area contributed by atoms with Crippen LogP contribution in [0.3, 0.4) is 0 Å². The number of aromatic nitrogens is 1. The van der Waals surface area contributed by atoms with E-state index < -0.39 is 5.97 Å². The highest BCUT2D eigenvalue weighted by molar-refractivity contribution is 7.15. The van der Waals surface area contributed by atoms with Crippen molar-refractivity contribution in [1.29, 1.82) is 0 Å². The largest absolute Gasteiger partial charge is 0.476 e. The van der Waals surface area contributed by atoms with Crippen molar-refractivity contribution in [2.75, 3.05) is 0 Å². The normalized spacial score (nSPS) is 14.6. The zero-order chi connectivity index (χ0) is 13.4. The third-order valence-corrected chi connectivity index (χ3v) is 4.65. The zero-order valence-electron chi connectivity index (χ0n) is 10.7. The second kappa shape index (κ2) is 4.78. The Morgan fingerprint density at radius 1 is 1.37 bits per heavy atom. The summed E-state index contributed by atoms with van der Waals surface area (Å²) < 4.78 is 0. The lowest BCUT2D eigenvalue weighted by Gasteiger charge is -2.01. The van der Waals surface area contributed by atoms with Gasteiger partial charge in [-0.15, -0.1) is 11.3 Å². The molecule has 0 bridgehead atoms. The standard InChI is InChI=1S/C15H15NO2S/c1-2-12-16-13(15(17)18)14(19-12)11-7-5-10(6-8-11)9-3-4-9/h5-9H,2-4H2,1H3,(H,17,18). The predicted octanol–water partition coefficient (Wildman–Crippen LogP) is 3.95. The van der Waals surface area contributed by atoms with Crippen molar-refractivity contribution >= 4 is 17.3 Å². The van der Waals surface area contributed by atoms with E-state index in [1.807, 2.05) is 19.1 Å². The SMILES string of the molecule is CCc1nc(C(=O)O)c(-c2ccc(C3CC3)cc2)s1. The van der Waals surface area contributed by atoms with Crippen LogP contribution in [-0.4, -0.2) is 16.1 Å². The summed E-state index contributed by atoms with van der Waals surface area (Å²) in [6.07, 6.45) is 3.33. The van der Waals surface area contributed by atoms with E-state index in [0.29, 0.717) is 0 Å². The molecule has 1 heterocycles. The Kier molecular flexibility index (Phi) is 3.11. The van der Waals surface area contributed by atoms with Gasteiger partial charge in [-0.3, -0.25) is 0 Å². The maximum absolute atomic E-state index is 11.3. The first-order valence-electron chi connectivity index (χ1n) is 6.52. The molecule has 1 aliphatic carbocycles. The lowest BCUT2D eigenvalue weighted by Crippen LogP contribution is -1.99. The molecule has 0 unspecified atom stereocenters. The molecule has 1 fully saturated rings. The molecule has 19 heavy (non-hydrogen) atoms. The molecule has 1 saturated carbocycles. The van der Waals surface area contributed by atoms with Gasteiger partial charge in [0.1, 0.15) is 0 Å². The number of carbonyl (C=O) groups is 1. The Labute approximate surface area is 115 Å². The van der Waals surface area contributed by atoms with E-state index in [0.717, 1.165) is 27.8 Å². The van der Waals surface area contributed by atoms with Crippen molar-refractivity contribution in [3.63, 3.8) is 0 Å². The van der Waals surface area contributed by atoms with E-state index in [1.165, 1.54) is 29.7 Å². The molecule has 0 atom stereocenters. The minimum Gasteiger partial charge on any atom is -0.476 e. The molecule has 4 heteroatoms. The summed E-state index contributed by atoms with van der Waals surface area (Å²) in [5.74, 6) is -0.224. The number of aromatic carboxylic acids is 1. The average molecular weight is 273 g/mol. The lowest BCUT2D eigenvalue weighted by atomic mass is 10.1. The van der Waals surface area contributed by atoms with Crippen molar-refractivity contribution in [2.45, 2.75) is 32.1 Å². The number of aryl methyl sites for hydroxylation is 1. The predicted molar refractivity (Wildman–Crippen MR) is 75.9 cm³/mol. The van der Waals surface area contributed by atoms with Crippen LogP contribution in [0, 0.1) is 0 Å². The number of rotatable bonds is 4. The fourth-order valence-corrected chi connectivity index (χ4v) is 3.18. The van der Waals surface area contributed by atoms with E-state index >= 15 is 0 Å². The maximum atomic E-state index is 11.3. The third-order valence-electron chi connectivity index (χ3n) is 3.40. The third kappa shape index (κ3) is 2.40. The molecule has 3 nitrogen and oxygen atoms in total. The van der Waals surface area contributed by atoms with Crippen molar-refractivity contribution in [3.8, 4) is 10.4 Å². The van der Waals surface area contributed by atoms with Gasteiger partial charge in [-0.1, -0.05) is 31.2 Å². The summed E-state index contributed by atoms with van der Waals surface area (Å²) in [6, 6.07) is 8.27. The topological polar surface area (TPSA) is 50.2 Å². The number of hydrogen-bond donors (Lipinski definition) is 1. The van der Waals surface area contributed by atoms with Crippen LogP contribution in [0.2, 0.25) is 0 Å². The molecule has 1 aromatic heterocycles. The highest BCUT2D eigenvalue weighted by Gasteiger charge is 2.24. The van der Waals surface area contributed by atoms with Crippen LogP contribution in [0.25, 0.3) is 10.4 Å². The maximum Gasteiger partial charge on any atom is 0.356 e. The van der Waals surface area contributed by atoms with Crippen LogP contribution in [0.4, 0.5) is 0 Å². The second-order valence-electron chi connectivity index (χ2n) is 4.84. The van der Waals surface area contributed by atoms with Crippen LogP contribution in [0.1, 0.15) is 46.7 Å². The Morgan fingerprint density at radius 3 is 2.58 bits per heavy atom. The summed E-state index contributed by atoms with van der Waals surface area (Å²) in [6.45, 7) is 1.99. The second-order valence-corrected chi connectivity index (χ2v) is 5.92. The Hall–Kier alpha value is -1.68. The summed E-state index contributed by atoms with van der Waals surface area (Å²) in [5, 5.41) is 10.1. The van der Waals surface area contributed by atoms with Crippen LogP contribution in [0.5, 0.6) is 0 Å². The molecule has 0 saturated heterocycles. The van der Waals surface area contributed by atoms with Gasteiger partial charge in [0.2, 0.25) is 0 Å². The highest BCUT2D eigenvalue weighted by atomic mass is 32.1. The first kappa shape index (κ1) is 12.4. The van der Waals surface area contributed by atoms with Crippen molar-refractivity contribution in [1.82, 2.24) is 4.98 Å². The summed E-state index contributed by atoms with van der Waals surface area (Å²) in [5.41, 5.74) is 2.50. The van der Waals surface area contributed by atoms with Crippen molar-refractivity contribution in [2.24, 2.45) is 0 Å². The van der Waals surface area contributed by atoms with Gasteiger partial charge >= 0.3 is 5.97 Å². The Bertz CT molecular complexity index is 612. The molecule has 0 amide bonds. The minimum absolute atomic E-state index is 0.182. The van der Waals surface area contributed by atoms with Gasteiger partial charge in [0, 0.05) is 0 Å². The Morgan fingerprint density at radius 2 is 2.05 bits per heavy atom. The molecule has 1 N–H and O–H groups in total. The Balaban J connectivity index is 1.99. The van der Waals surface area contributed by atoms with Crippen LogP contribution in [-0.2, 0) is 6.42 Å². The lowest BCUT2D eigenvalue weighted by molar-refractivity contribution is 0.0692. The van der Waals surface area contributed by atoms with Crippen LogP contribution < -0.4 is 0 Å². The van der Waals surface area contributed by atoms with E-state index in [4.69, 9.17) is 0 Å². The zero-order valence-corrected chi connectivity index (χ0v) is 11.5. The van der Waals surface area contributed by atoms with E-state index in [-0.39, 0.29) is 5.69 Å². The molecular formula is C15H15NO2S. The molecule has 0 aliphatic heterocycles. The molecule has 3 rings (SSSR count). The smallest absolute Gasteiger partial charge is 0.356 e. The van der Waals surface area contributed by atoms with E-state index in [2.05, 4.69) is 17.1 Å². The minimum atomic E-state index is -0.947. The number of carboxylic acids is 1. The summed E-state index contributed by atoms with van der Waals surface area (Å²) in [4.78, 5) is 16.2. The number of hydrogen-bond acceptors (Lipinski definition) is 3. The van der Waals surface area contributed by atoms with Crippen LogP contribution >= 0.6 is 11.3 Å². The molecule has 0 radical (unpaired) electrons. The molecule has 0 spiro atoms. The number of thiazole rings is 1. The first-order chi connectivity index (χ1) is 9.19. The number of carboxylic acid groups (broad SMARTS) is 1. The van der Waals surface area contributed by atoms with Gasteiger partial charge in [0.15, 0.2) is 5.69 Å². The monoisotopic (exact) mass is 273 g/mol. The quantitative estimate of drug-likeness (QED) is 0.917. The van der Waals surface area contributed by atoms with Gasteiger partial charge in [0.25, 0.3) is 0 Å². The van der Waals surface area contributed by atoms with Gasteiger partial charge in [-0.2, -0.15) is 0 Å². The molecular weight excluding hydrogens is 258 g/mol. The highest BCUT2D eigenvalue weighted by Crippen LogP contribution is 2.41. The average Bonchev–Trinajstić information content (AvgIpc) is 3.17. The first-order valence-corrected chi connectivity index (χ1v) is 7.34. The fourth-order valence-electron chi connectivity index (χ4n) is 2.18. The summed E-state index contributed by atoms with van der Waals surface area (Å²) in [7, 11) is 0. The molecule has 98 valence electrons. The molecule has 2 aromatic rings. The van der Waals surface area contributed by atoms with E-state index in [9.17, 15) is 9.90 Å². The number of nitrogens with zero attached hydrogens (tertiary/aromatic N) is 1. The van der Waals surface area contributed by atoms with Gasteiger partial charge in [-0.05, 0) is 36.3 Å². The van der Waals surface area contributed by atoms with Gasteiger partial charge in [-0.25, -0.2) is 9.78 Å². The molecule has 1 aromatic carbocycles.